The van der Waals surface area contributed by atoms with E-state index in [-0.39, 0.29) is 0 Å². The Morgan fingerprint density at radius 2 is 1.04 bits per heavy atom. The first-order chi connectivity index (χ1) is 13.2. The van der Waals surface area contributed by atoms with Gasteiger partial charge in [0, 0.05) is 53.3 Å². The van der Waals surface area contributed by atoms with Gasteiger partial charge in [-0.1, -0.05) is 0 Å². The van der Waals surface area contributed by atoms with Gasteiger partial charge in [0.05, 0.1) is 26.4 Å². The van der Waals surface area contributed by atoms with Gasteiger partial charge >= 0.3 is 8.80 Å². The predicted octanol–water partition coefficient (Wildman–Crippen LogP) is 3.15. The van der Waals surface area contributed by atoms with Gasteiger partial charge in [-0.25, -0.2) is 0 Å². The average Bonchev–Trinajstić information content (AvgIpc) is 2.65. The first-order valence-corrected chi connectivity index (χ1v) is 12.2. The van der Waals surface area contributed by atoms with Gasteiger partial charge in [0.25, 0.3) is 0 Å². The molecule has 0 N–H and O–H groups in total. The first kappa shape index (κ1) is 26.9. The molecule has 0 unspecified atom stereocenters. The lowest BCUT2D eigenvalue weighted by Gasteiger charge is -2.30. The third-order valence-corrected chi connectivity index (χ3v) is 7.24. The van der Waals surface area contributed by atoms with Crippen LogP contribution in [0.3, 0.4) is 0 Å². The van der Waals surface area contributed by atoms with Gasteiger partial charge in [-0.05, 0) is 46.0 Å². The number of ether oxygens (including phenoxy) is 4. The maximum absolute atomic E-state index is 5.97. The van der Waals surface area contributed by atoms with Crippen LogP contribution in [-0.4, -0.2) is 82.5 Å². The Kier molecular flexibility index (Phi) is 19.2. The number of hydrogen-bond acceptors (Lipinski definition) is 7. The maximum Gasteiger partial charge on any atom is 0.500 e. The van der Waals surface area contributed by atoms with E-state index in [1.54, 1.807) is 14.2 Å². The van der Waals surface area contributed by atoms with Crippen molar-refractivity contribution in [1.82, 2.24) is 0 Å². The highest BCUT2D eigenvalue weighted by atomic mass is 28.4. The molecule has 0 aliphatic rings. The highest BCUT2D eigenvalue weighted by molar-refractivity contribution is 6.60. The molecule has 0 aromatic carbocycles. The van der Waals surface area contributed by atoms with Gasteiger partial charge in [0.15, 0.2) is 0 Å². The largest absolute Gasteiger partial charge is 0.500 e. The lowest BCUT2D eigenvalue weighted by Crippen LogP contribution is -2.46. The van der Waals surface area contributed by atoms with E-state index in [0.717, 1.165) is 38.5 Å². The van der Waals surface area contributed by atoms with E-state index in [1.807, 2.05) is 20.8 Å². The molecule has 0 aromatic rings. The highest BCUT2D eigenvalue weighted by Gasteiger charge is 2.40. The number of methoxy groups -OCH3 is 2. The van der Waals surface area contributed by atoms with Gasteiger partial charge in [-0.15, -0.1) is 0 Å². The molecular weight excluding hydrogens is 368 g/mol. The summed E-state index contributed by atoms with van der Waals surface area (Å²) in [6.07, 6.45) is 2.94. The maximum atomic E-state index is 5.97. The number of hydrogen-bond donors (Lipinski definition) is 0. The molecule has 0 atom stereocenters. The van der Waals surface area contributed by atoms with Crippen LogP contribution in [0.15, 0.2) is 0 Å². The van der Waals surface area contributed by atoms with Crippen molar-refractivity contribution in [2.24, 2.45) is 5.92 Å². The Morgan fingerprint density at radius 3 is 1.41 bits per heavy atom. The average molecular weight is 411 g/mol. The molecule has 0 bridgehead atoms. The van der Waals surface area contributed by atoms with Crippen molar-refractivity contribution >= 4 is 8.80 Å². The minimum Gasteiger partial charge on any atom is -0.382 e. The molecule has 0 aliphatic carbocycles. The molecule has 27 heavy (non-hydrogen) atoms. The van der Waals surface area contributed by atoms with Gasteiger partial charge in [0.1, 0.15) is 0 Å². The monoisotopic (exact) mass is 410 g/mol. The molecule has 0 radical (unpaired) electrons. The second-order valence-electron chi connectivity index (χ2n) is 6.17. The molecule has 8 heteroatoms. The zero-order valence-corrected chi connectivity index (χ0v) is 19.1. The molecule has 0 amide bonds. The topological polar surface area (TPSA) is 64.6 Å². The van der Waals surface area contributed by atoms with Crippen molar-refractivity contribution in [2.75, 3.05) is 73.7 Å². The van der Waals surface area contributed by atoms with E-state index in [4.69, 9.17) is 32.2 Å². The fourth-order valence-corrected chi connectivity index (χ4v) is 5.57. The Hall–Kier alpha value is -0.0631. The predicted molar refractivity (Wildman–Crippen MR) is 108 cm³/mol. The highest BCUT2D eigenvalue weighted by Crippen LogP contribution is 2.25. The summed E-state index contributed by atoms with van der Waals surface area (Å²) in [5, 5.41) is 0. The zero-order chi connectivity index (χ0) is 20.2. The summed E-state index contributed by atoms with van der Waals surface area (Å²) < 4.78 is 39.3. The van der Waals surface area contributed by atoms with Crippen molar-refractivity contribution in [3.63, 3.8) is 0 Å². The molecular formula is C19H42O7Si. The lowest BCUT2D eigenvalue weighted by molar-refractivity contribution is 0.0461. The second-order valence-corrected chi connectivity index (χ2v) is 8.91. The van der Waals surface area contributed by atoms with Crippen LogP contribution in [-0.2, 0) is 32.2 Å². The third kappa shape index (κ3) is 14.6. The third-order valence-electron chi connectivity index (χ3n) is 4.16. The van der Waals surface area contributed by atoms with Crippen LogP contribution >= 0.6 is 0 Å². The van der Waals surface area contributed by atoms with Gasteiger partial charge in [-0.3, -0.25) is 0 Å². The van der Waals surface area contributed by atoms with Gasteiger partial charge < -0.3 is 32.2 Å². The molecule has 0 heterocycles. The van der Waals surface area contributed by atoms with Gasteiger partial charge in [0.2, 0.25) is 0 Å². The Labute approximate surface area is 167 Å². The molecule has 0 fully saturated rings. The van der Waals surface area contributed by atoms with Crippen molar-refractivity contribution in [2.45, 2.75) is 46.1 Å². The van der Waals surface area contributed by atoms with Crippen LogP contribution in [0.5, 0.6) is 0 Å². The summed E-state index contributed by atoms with van der Waals surface area (Å²) in [7, 11) is 0.767. The first-order valence-electron chi connectivity index (χ1n) is 10.2. The molecule has 0 spiro atoms. The van der Waals surface area contributed by atoms with E-state index >= 15 is 0 Å². The summed E-state index contributed by atoms with van der Waals surface area (Å²) in [6, 6.07) is 0.823. The summed E-state index contributed by atoms with van der Waals surface area (Å²) in [6.45, 7) is 11.7. The summed E-state index contributed by atoms with van der Waals surface area (Å²) in [5.41, 5.74) is 0. The van der Waals surface area contributed by atoms with E-state index in [1.165, 1.54) is 0 Å². The Bertz CT molecular complexity index is 277. The zero-order valence-electron chi connectivity index (χ0n) is 18.1. The van der Waals surface area contributed by atoms with Crippen LogP contribution in [0, 0.1) is 5.92 Å². The van der Waals surface area contributed by atoms with Crippen molar-refractivity contribution < 1.29 is 32.2 Å². The lowest BCUT2D eigenvalue weighted by atomic mass is 9.99. The van der Waals surface area contributed by atoms with Crippen LogP contribution in [0.1, 0.15) is 40.0 Å². The molecule has 0 aromatic heterocycles. The minimum atomic E-state index is -2.60. The molecule has 0 saturated carbocycles. The molecule has 0 aliphatic heterocycles. The van der Waals surface area contributed by atoms with Crippen molar-refractivity contribution in [3.8, 4) is 0 Å². The van der Waals surface area contributed by atoms with Crippen LogP contribution in [0.4, 0.5) is 0 Å². The number of rotatable bonds is 21. The summed E-state index contributed by atoms with van der Waals surface area (Å²) in [5.74, 6) is 0.475. The van der Waals surface area contributed by atoms with E-state index < -0.39 is 8.80 Å². The van der Waals surface area contributed by atoms with E-state index in [9.17, 15) is 0 Å². The van der Waals surface area contributed by atoms with E-state index in [0.29, 0.717) is 52.2 Å². The standard InChI is InChI=1S/C19H42O7Si/c1-6-24-27(25-7-2,26-8-3)18-11-19(9-12-22-16-14-20-4)10-13-23-17-15-21-5/h19H,6-18H2,1-5H3. The van der Waals surface area contributed by atoms with Crippen molar-refractivity contribution in [3.05, 3.63) is 0 Å². The quantitative estimate of drug-likeness (QED) is 0.213. The Morgan fingerprint density at radius 1 is 0.593 bits per heavy atom. The fraction of sp³-hybridized carbons (Fsp3) is 1.00. The second kappa shape index (κ2) is 19.3. The summed E-state index contributed by atoms with van der Waals surface area (Å²) in [4.78, 5) is 0. The molecule has 164 valence electrons. The molecule has 0 saturated heterocycles. The smallest absolute Gasteiger partial charge is 0.382 e. The van der Waals surface area contributed by atoms with Crippen LogP contribution < -0.4 is 0 Å². The normalized spacial score (nSPS) is 12.2. The minimum absolute atomic E-state index is 0.475. The van der Waals surface area contributed by atoms with Crippen LogP contribution in [0.25, 0.3) is 0 Å². The van der Waals surface area contributed by atoms with Crippen molar-refractivity contribution in [1.29, 1.82) is 0 Å². The molecule has 0 rings (SSSR count). The van der Waals surface area contributed by atoms with Gasteiger partial charge in [-0.2, -0.15) is 0 Å². The molecule has 7 nitrogen and oxygen atoms in total. The SMILES string of the molecule is CCO[Si](CCC(CCOCCOC)CCOCCOC)(OCC)OCC. The Balaban J connectivity index is 4.55. The van der Waals surface area contributed by atoms with E-state index in [2.05, 4.69) is 0 Å². The fourth-order valence-electron chi connectivity index (χ4n) is 2.80. The summed E-state index contributed by atoms with van der Waals surface area (Å²) >= 11 is 0. The van der Waals surface area contributed by atoms with Crippen LogP contribution in [0.2, 0.25) is 6.04 Å².